The van der Waals surface area contributed by atoms with Gasteiger partial charge in [0, 0.05) is 6.08 Å². The number of phenols is 1. The standard InChI is InChI=1S/C10H10O4.C10H18O/c1-14-9-6-7(2-4-8(9)11)3-5-10(12)13;1-9(2)5-4-6-10(3)7-8-11/h2-6,11H,1H3,(H,12,13);5,7,11H,4,6,8H2,1-3H3/b5-3+;. The summed E-state index contributed by atoms with van der Waals surface area (Å²) in [6.45, 7) is 6.42. The van der Waals surface area contributed by atoms with E-state index in [0.29, 0.717) is 11.3 Å². The summed E-state index contributed by atoms with van der Waals surface area (Å²) in [6, 6.07) is 4.59. The first kappa shape index (κ1) is 22.5. The minimum absolute atomic E-state index is 0.0278. The van der Waals surface area contributed by atoms with Crippen molar-refractivity contribution in [1.29, 1.82) is 0 Å². The minimum atomic E-state index is -1.02. The average molecular weight is 348 g/mol. The zero-order chi connectivity index (χ0) is 19.2. The predicted molar refractivity (Wildman–Crippen MR) is 101 cm³/mol. The Morgan fingerprint density at radius 1 is 1.20 bits per heavy atom. The van der Waals surface area contributed by atoms with Crippen molar-refractivity contribution in [3.05, 3.63) is 53.1 Å². The number of benzene rings is 1. The van der Waals surface area contributed by atoms with Gasteiger partial charge in [-0.2, -0.15) is 0 Å². The molecule has 25 heavy (non-hydrogen) atoms. The van der Waals surface area contributed by atoms with Crippen LogP contribution >= 0.6 is 0 Å². The fraction of sp³-hybridized carbons (Fsp3) is 0.350. The Morgan fingerprint density at radius 3 is 2.40 bits per heavy atom. The van der Waals surface area contributed by atoms with Crippen LogP contribution in [0.5, 0.6) is 11.5 Å². The lowest BCUT2D eigenvalue weighted by molar-refractivity contribution is -0.131. The normalized spacial score (nSPS) is 10.8. The molecule has 0 heterocycles. The highest BCUT2D eigenvalue weighted by Gasteiger charge is 2.00. The maximum Gasteiger partial charge on any atom is 0.328 e. The molecule has 3 N–H and O–H groups in total. The molecule has 0 atom stereocenters. The van der Waals surface area contributed by atoms with Gasteiger partial charge in [0.2, 0.25) is 0 Å². The Hall–Kier alpha value is -2.53. The van der Waals surface area contributed by atoms with Crippen LogP contribution in [-0.2, 0) is 4.79 Å². The molecule has 1 aromatic carbocycles. The lowest BCUT2D eigenvalue weighted by atomic mass is 10.1. The SMILES string of the molecule is CC(C)=CCCC(C)=CCO.COc1cc(/C=C/C(=O)O)ccc1O. The van der Waals surface area contributed by atoms with E-state index < -0.39 is 5.97 Å². The van der Waals surface area contributed by atoms with Crippen LogP contribution in [0.1, 0.15) is 39.2 Å². The number of rotatable bonds is 7. The van der Waals surface area contributed by atoms with E-state index in [1.54, 1.807) is 12.1 Å². The first-order valence-corrected chi connectivity index (χ1v) is 7.98. The highest BCUT2D eigenvalue weighted by Crippen LogP contribution is 2.26. The smallest absolute Gasteiger partial charge is 0.328 e. The van der Waals surface area contributed by atoms with E-state index in [-0.39, 0.29) is 12.4 Å². The quantitative estimate of drug-likeness (QED) is 0.508. The van der Waals surface area contributed by atoms with Crippen molar-refractivity contribution in [2.75, 3.05) is 13.7 Å². The molecule has 0 saturated heterocycles. The third-order valence-electron chi connectivity index (χ3n) is 3.15. The summed E-state index contributed by atoms with van der Waals surface area (Å²) in [5, 5.41) is 26.2. The zero-order valence-corrected chi connectivity index (χ0v) is 15.3. The van der Waals surface area contributed by atoms with E-state index in [1.165, 1.54) is 30.4 Å². The van der Waals surface area contributed by atoms with E-state index in [9.17, 15) is 9.90 Å². The molecule has 0 unspecified atom stereocenters. The molecule has 0 aliphatic heterocycles. The number of aliphatic hydroxyl groups is 1. The number of methoxy groups -OCH3 is 1. The molecular formula is C20H28O5. The van der Waals surface area contributed by atoms with Gasteiger partial charge in [-0.1, -0.05) is 29.4 Å². The molecule has 138 valence electrons. The van der Waals surface area contributed by atoms with Gasteiger partial charge < -0.3 is 20.1 Å². The molecule has 0 fully saturated rings. The van der Waals surface area contributed by atoms with Crippen molar-refractivity contribution in [2.45, 2.75) is 33.6 Å². The number of aliphatic hydroxyl groups excluding tert-OH is 1. The maximum absolute atomic E-state index is 10.2. The summed E-state index contributed by atoms with van der Waals surface area (Å²) in [5.74, 6) is -0.672. The van der Waals surface area contributed by atoms with Gasteiger partial charge >= 0.3 is 5.97 Å². The Bertz CT molecular complexity index is 623. The maximum atomic E-state index is 10.2. The van der Waals surface area contributed by atoms with Crippen molar-refractivity contribution in [1.82, 2.24) is 0 Å². The van der Waals surface area contributed by atoms with Gasteiger partial charge in [-0.15, -0.1) is 0 Å². The number of hydrogen-bond donors (Lipinski definition) is 3. The van der Waals surface area contributed by atoms with Gasteiger partial charge in [-0.3, -0.25) is 0 Å². The minimum Gasteiger partial charge on any atom is -0.504 e. The van der Waals surface area contributed by atoms with Gasteiger partial charge in [-0.25, -0.2) is 4.79 Å². The fourth-order valence-corrected chi connectivity index (χ4v) is 1.81. The number of carboxylic acid groups (broad SMARTS) is 1. The number of hydrogen-bond acceptors (Lipinski definition) is 4. The van der Waals surface area contributed by atoms with Crippen molar-refractivity contribution >= 4 is 12.0 Å². The molecule has 1 aromatic rings. The van der Waals surface area contributed by atoms with Gasteiger partial charge in [0.25, 0.3) is 0 Å². The van der Waals surface area contributed by atoms with Crippen LogP contribution in [0.2, 0.25) is 0 Å². The lowest BCUT2D eigenvalue weighted by Crippen LogP contribution is -1.87. The molecule has 0 aromatic heterocycles. The number of allylic oxidation sites excluding steroid dienone is 3. The van der Waals surface area contributed by atoms with Gasteiger partial charge in [-0.05, 0) is 57.4 Å². The summed E-state index contributed by atoms with van der Waals surface area (Å²) >= 11 is 0. The Labute approximate surface area is 149 Å². The molecule has 0 aliphatic carbocycles. The van der Waals surface area contributed by atoms with Crippen molar-refractivity contribution in [3.8, 4) is 11.5 Å². The second kappa shape index (κ2) is 12.8. The largest absolute Gasteiger partial charge is 0.504 e. The van der Waals surface area contributed by atoms with E-state index in [4.69, 9.17) is 14.9 Å². The third-order valence-corrected chi connectivity index (χ3v) is 3.15. The second-order valence-electron chi connectivity index (χ2n) is 5.66. The van der Waals surface area contributed by atoms with Crippen LogP contribution in [0.15, 0.2) is 47.6 Å². The first-order chi connectivity index (χ1) is 11.8. The van der Waals surface area contributed by atoms with Gasteiger partial charge in [0.15, 0.2) is 11.5 Å². The molecule has 0 amide bonds. The van der Waals surface area contributed by atoms with Crippen molar-refractivity contribution in [3.63, 3.8) is 0 Å². The Kier molecular flexibility index (Phi) is 11.5. The Morgan fingerprint density at radius 2 is 1.88 bits per heavy atom. The van der Waals surface area contributed by atoms with Crippen LogP contribution < -0.4 is 4.74 Å². The highest BCUT2D eigenvalue weighted by molar-refractivity contribution is 5.85. The molecule has 0 spiro atoms. The van der Waals surface area contributed by atoms with E-state index in [0.717, 1.165) is 18.9 Å². The van der Waals surface area contributed by atoms with Crippen LogP contribution in [0.4, 0.5) is 0 Å². The van der Waals surface area contributed by atoms with Crippen molar-refractivity contribution in [2.24, 2.45) is 0 Å². The average Bonchev–Trinajstić information content (AvgIpc) is 2.54. The summed E-state index contributed by atoms with van der Waals surface area (Å²) < 4.78 is 4.86. The van der Waals surface area contributed by atoms with Crippen LogP contribution in [0.3, 0.4) is 0 Å². The second-order valence-corrected chi connectivity index (χ2v) is 5.66. The number of phenolic OH excluding ortho intramolecular Hbond substituents is 1. The zero-order valence-electron chi connectivity index (χ0n) is 15.3. The molecule has 0 bridgehead atoms. The number of aliphatic carboxylic acids is 1. The molecule has 5 heteroatoms. The topological polar surface area (TPSA) is 87.0 Å². The summed E-state index contributed by atoms with van der Waals surface area (Å²) in [6.07, 6.45) is 8.67. The van der Waals surface area contributed by atoms with Crippen LogP contribution in [0.25, 0.3) is 6.08 Å². The molecular weight excluding hydrogens is 320 g/mol. The van der Waals surface area contributed by atoms with Crippen LogP contribution in [0, 0.1) is 0 Å². The number of carbonyl (C=O) groups is 1. The van der Waals surface area contributed by atoms with Crippen LogP contribution in [-0.4, -0.2) is 35.0 Å². The molecule has 0 radical (unpaired) electrons. The molecule has 0 saturated carbocycles. The summed E-state index contributed by atoms with van der Waals surface area (Å²) in [5.41, 5.74) is 3.29. The van der Waals surface area contributed by atoms with E-state index in [1.807, 2.05) is 6.08 Å². The van der Waals surface area contributed by atoms with E-state index in [2.05, 4.69) is 26.8 Å². The number of ether oxygens (including phenoxy) is 1. The monoisotopic (exact) mass is 348 g/mol. The Balaban J connectivity index is 0.000000477. The molecule has 1 rings (SSSR count). The molecule has 5 nitrogen and oxygen atoms in total. The summed E-state index contributed by atoms with van der Waals surface area (Å²) in [7, 11) is 1.43. The number of carboxylic acids is 1. The van der Waals surface area contributed by atoms with Gasteiger partial charge in [0.1, 0.15) is 0 Å². The van der Waals surface area contributed by atoms with Gasteiger partial charge in [0.05, 0.1) is 13.7 Å². The highest BCUT2D eigenvalue weighted by atomic mass is 16.5. The fourth-order valence-electron chi connectivity index (χ4n) is 1.81. The first-order valence-electron chi connectivity index (χ1n) is 7.98. The lowest BCUT2D eigenvalue weighted by Gasteiger charge is -2.03. The third kappa shape index (κ3) is 11.6. The van der Waals surface area contributed by atoms with E-state index >= 15 is 0 Å². The number of aromatic hydroxyl groups is 1. The molecule has 0 aliphatic rings. The summed E-state index contributed by atoms with van der Waals surface area (Å²) in [4.78, 5) is 10.2. The van der Waals surface area contributed by atoms with Crippen molar-refractivity contribution < 1.29 is 24.9 Å². The predicted octanol–water partition coefficient (Wildman–Crippen LogP) is 4.17.